The third kappa shape index (κ3) is 8.27. The van der Waals surface area contributed by atoms with Crippen molar-refractivity contribution in [2.24, 2.45) is 22.4 Å². The van der Waals surface area contributed by atoms with Crippen molar-refractivity contribution in [1.29, 1.82) is 0 Å². The minimum atomic E-state index is -1.25. The predicted octanol–water partition coefficient (Wildman–Crippen LogP) is -3.52. The Morgan fingerprint density at radius 2 is 1.80 bits per heavy atom. The second kappa shape index (κ2) is 15.1. The molecule has 3 fully saturated rings. The van der Waals surface area contributed by atoms with E-state index in [4.69, 9.17) is 11.5 Å². The second-order valence-corrected chi connectivity index (χ2v) is 10.4. The van der Waals surface area contributed by atoms with Gasteiger partial charge in [0.2, 0.25) is 29.5 Å². The number of hydrogen-bond acceptors (Lipinski definition) is 8. The van der Waals surface area contributed by atoms with Crippen molar-refractivity contribution < 1.29 is 28.8 Å². The first-order valence-corrected chi connectivity index (χ1v) is 13.6. The van der Waals surface area contributed by atoms with Crippen LogP contribution in [-0.4, -0.2) is 96.0 Å². The highest BCUT2D eigenvalue weighted by molar-refractivity contribution is 7.59. The lowest BCUT2D eigenvalue weighted by Crippen LogP contribution is -2.64. The van der Waals surface area contributed by atoms with Crippen LogP contribution in [0.25, 0.3) is 0 Å². The van der Waals surface area contributed by atoms with Crippen molar-refractivity contribution >= 4 is 64.2 Å². The van der Waals surface area contributed by atoms with Crippen LogP contribution in [0.1, 0.15) is 45.4 Å². The van der Waals surface area contributed by atoms with Gasteiger partial charge in [0.25, 0.3) is 0 Å². The molecule has 3 heterocycles. The number of aliphatic imine (C=N–C) groups is 1. The predicted molar refractivity (Wildman–Crippen MR) is 154 cm³/mol. The third-order valence-electron chi connectivity index (χ3n) is 7.25. The minimum Gasteiger partial charge on any atom is -0.370 e. The van der Waals surface area contributed by atoms with E-state index in [9.17, 15) is 28.8 Å². The van der Waals surface area contributed by atoms with E-state index >= 15 is 0 Å². The number of piperidine rings is 1. The maximum atomic E-state index is 13.6. The van der Waals surface area contributed by atoms with E-state index in [1.807, 2.05) is 0 Å². The van der Waals surface area contributed by atoms with E-state index in [0.29, 0.717) is 25.7 Å². The molecule has 9 N–H and O–H groups in total. The summed E-state index contributed by atoms with van der Waals surface area (Å²) in [7, 11) is 2.22. The number of rotatable bonds is 7. The quantitative estimate of drug-likeness (QED) is 0.0663. The van der Waals surface area contributed by atoms with Gasteiger partial charge in [0, 0.05) is 24.9 Å². The highest BCUT2D eigenvalue weighted by Crippen LogP contribution is 2.35. The number of ketones is 1. The highest BCUT2D eigenvalue weighted by atomic mass is 32.1. The van der Waals surface area contributed by atoms with Crippen molar-refractivity contribution in [2.45, 2.75) is 75.7 Å². The molecule has 0 aliphatic carbocycles. The summed E-state index contributed by atoms with van der Waals surface area (Å²) in [4.78, 5) is 83.2. The molecule has 5 amide bonds. The Labute approximate surface area is 241 Å². The number of nitrogens with one attached hydrogen (secondary N) is 5. The van der Waals surface area contributed by atoms with Crippen LogP contribution in [0.2, 0.25) is 0 Å². The summed E-state index contributed by atoms with van der Waals surface area (Å²) in [6, 6.07) is -4.34. The SMILES string of the molecule is CC(=O)C[C@@H]1NC(=O)CNC(=O)[C@H](CCCN=C(N)NP)NC(=O)[C@@H]2CC[C@H]3C[C@@H](CN)[C@@H](NC1=O)C(=O)N32.S. The van der Waals surface area contributed by atoms with Gasteiger partial charge < -0.3 is 42.7 Å². The van der Waals surface area contributed by atoms with Crippen molar-refractivity contribution in [3.05, 3.63) is 0 Å². The number of Topliss-reactive ketones (excluding diaryl/α,β-unsaturated/α-hetero) is 1. The van der Waals surface area contributed by atoms with Gasteiger partial charge in [0.15, 0.2) is 5.96 Å². The van der Waals surface area contributed by atoms with Crippen LogP contribution in [0.15, 0.2) is 4.99 Å². The second-order valence-electron chi connectivity index (χ2n) is 10.1. The Bertz CT molecular complexity index is 1030. The van der Waals surface area contributed by atoms with Crippen LogP contribution in [0, 0.1) is 5.92 Å². The van der Waals surface area contributed by atoms with Gasteiger partial charge in [-0.1, -0.05) is 0 Å². The average molecular weight is 602 g/mol. The Morgan fingerprint density at radius 1 is 1.07 bits per heavy atom. The van der Waals surface area contributed by atoms with Gasteiger partial charge in [-0.15, -0.1) is 0 Å². The van der Waals surface area contributed by atoms with Gasteiger partial charge in [-0.3, -0.25) is 33.8 Å². The fourth-order valence-corrected chi connectivity index (χ4v) is 5.42. The van der Waals surface area contributed by atoms with E-state index in [1.54, 1.807) is 0 Å². The molecule has 0 saturated carbocycles. The van der Waals surface area contributed by atoms with Gasteiger partial charge in [0.1, 0.15) is 30.0 Å². The summed E-state index contributed by atoms with van der Waals surface area (Å²) >= 11 is 0. The van der Waals surface area contributed by atoms with E-state index in [2.05, 4.69) is 40.7 Å². The lowest BCUT2D eigenvalue weighted by molar-refractivity contribution is -0.149. The normalized spacial score (nSPS) is 29.6. The van der Waals surface area contributed by atoms with Crippen LogP contribution >= 0.6 is 22.9 Å². The largest absolute Gasteiger partial charge is 0.370 e. The molecule has 0 radical (unpaired) electrons. The molecular formula is C23H40N9O6PS. The minimum absolute atomic E-state index is 0. The van der Waals surface area contributed by atoms with Crippen LogP contribution in [0.4, 0.5) is 0 Å². The Balaban J connectivity index is 0.00000560. The number of fused-ring (bicyclic) bond motifs is 1. The number of nitrogens with zero attached hydrogens (tertiary/aromatic N) is 2. The molecule has 0 aromatic rings. The molecule has 3 saturated heterocycles. The molecule has 40 heavy (non-hydrogen) atoms. The maximum absolute atomic E-state index is 13.6. The highest BCUT2D eigenvalue weighted by Gasteiger charge is 2.50. The van der Waals surface area contributed by atoms with E-state index in [-0.39, 0.29) is 63.1 Å². The van der Waals surface area contributed by atoms with Crippen molar-refractivity contribution in [1.82, 2.24) is 31.3 Å². The lowest BCUT2D eigenvalue weighted by Gasteiger charge is -2.42. The van der Waals surface area contributed by atoms with E-state index in [1.165, 1.54) is 11.8 Å². The first-order chi connectivity index (χ1) is 18.5. The van der Waals surface area contributed by atoms with Crippen molar-refractivity contribution in [2.75, 3.05) is 19.6 Å². The molecule has 224 valence electrons. The fourth-order valence-electron chi connectivity index (χ4n) is 5.33. The van der Waals surface area contributed by atoms with Gasteiger partial charge >= 0.3 is 0 Å². The molecule has 2 bridgehead atoms. The van der Waals surface area contributed by atoms with Crippen LogP contribution < -0.4 is 37.8 Å². The topological polar surface area (TPSA) is 230 Å². The summed E-state index contributed by atoms with van der Waals surface area (Å²) < 4.78 is 0. The van der Waals surface area contributed by atoms with Crippen molar-refractivity contribution in [3.63, 3.8) is 0 Å². The van der Waals surface area contributed by atoms with E-state index in [0.717, 1.165) is 0 Å². The average Bonchev–Trinajstić information content (AvgIpc) is 3.33. The van der Waals surface area contributed by atoms with Gasteiger partial charge in [-0.05, 0) is 55.0 Å². The lowest BCUT2D eigenvalue weighted by atomic mass is 9.86. The summed E-state index contributed by atoms with van der Waals surface area (Å²) in [5.41, 5.74) is 11.6. The first kappa shape index (κ1) is 33.2. The Morgan fingerprint density at radius 3 is 2.45 bits per heavy atom. The van der Waals surface area contributed by atoms with E-state index < -0.39 is 60.2 Å². The number of carbonyl (C=O) groups is 6. The van der Waals surface area contributed by atoms with Crippen LogP contribution in [0.3, 0.4) is 0 Å². The molecule has 0 aromatic carbocycles. The summed E-state index contributed by atoms with van der Waals surface area (Å²) in [5, 5.41) is 13.0. The van der Waals surface area contributed by atoms with Gasteiger partial charge in [-0.2, -0.15) is 13.5 Å². The third-order valence-corrected chi connectivity index (χ3v) is 7.55. The Kier molecular flexibility index (Phi) is 12.6. The molecule has 3 rings (SSSR count). The van der Waals surface area contributed by atoms with Gasteiger partial charge in [0.05, 0.1) is 6.54 Å². The number of amides is 5. The fraction of sp³-hybridized carbons (Fsp3) is 0.696. The molecular weight excluding hydrogens is 561 g/mol. The number of carbonyl (C=O) groups excluding carboxylic acids is 6. The van der Waals surface area contributed by atoms with Crippen molar-refractivity contribution in [3.8, 4) is 0 Å². The first-order valence-electron chi connectivity index (χ1n) is 13.0. The van der Waals surface area contributed by atoms with Crippen LogP contribution in [-0.2, 0) is 28.8 Å². The number of hydrogen-bond donors (Lipinski definition) is 7. The molecule has 17 heteroatoms. The maximum Gasteiger partial charge on any atom is 0.246 e. The summed E-state index contributed by atoms with van der Waals surface area (Å²) in [6.07, 6.45) is 1.74. The molecule has 0 aromatic heterocycles. The molecule has 0 spiro atoms. The summed E-state index contributed by atoms with van der Waals surface area (Å²) in [6.45, 7) is 1.20. The molecule has 3 aliphatic heterocycles. The zero-order valence-electron chi connectivity index (χ0n) is 22.4. The smallest absolute Gasteiger partial charge is 0.246 e. The number of guanidine groups is 1. The zero-order valence-corrected chi connectivity index (χ0v) is 24.6. The number of nitrogens with two attached hydrogens (primary N) is 2. The van der Waals surface area contributed by atoms with Crippen LogP contribution in [0.5, 0.6) is 0 Å². The summed E-state index contributed by atoms with van der Waals surface area (Å²) in [5.74, 6) is -3.51. The molecule has 7 atom stereocenters. The molecule has 15 nitrogen and oxygen atoms in total. The monoisotopic (exact) mass is 601 g/mol. The molecule has 1 unspecified atom stereocenters. The Hall–Kier alpha value is -2.97. The zero-order chi connectivity index (χ0) is 28.7. The molecule has 3 aliphatic rings. The van der Waals surface area contributed by atoms with Gasteiger partial charge in [-0.25, -0.2) is 0 Å². The standard InChI is InChI=1S/C23H38N9O6P.H2S/c1-11(33)7-15-20(36)30-18-12(9-24)8-13-4-5-16(32(13)22(18)38)21(37)29-14(3-2-6-26-23(25)31-39)19(35)27-10-17(34)28-15;/h12-16,18H,2-10,24,39H2,1H3,(H,27,35)(H,28,34)(H,29,37)(H,30,36)(H3,25,26,31);1H2/t12-,13-,14-,15-,16-,18+;/m0./s1.